The SMILES string of the molecule is COc1cc(C(F)(F)F)ccc1COCC(O)CN1CCC(N2Cc3ccccc3C2=O)CC1.O=C(O)/C=C/C(=O)O. The van der Waals surface area contributed by atoms with Crippen molar-refractivity contribution in [2.24, 2.45) is 0 Å². The van der Waals surface area contributed by atoms with E-state index >= 15 is 0 Å². The van der Waals surface area contributed by atoms with Gasteiger partial charge in [-0.05, 0) is 36.6 Å². The maximum Gasteiger partial charge on any atom is 0.416 e. The summed E-state index contributed by atoms with van der Waals surface area (Å²) < 4.78 is 49.2. The molecule has 0 radical (unpaired) electrons. The normalized spacial score (nSPS) is 16.6. The first-order chi connectivity index (χ1) is 19.9. The summed E-state index contributed by atoms with van der Waals surface area (Å²) in [6.45, 7) is 2.74. The van der Waals surface area contributed by atoms with Gasteiger partial charge in [0.05, 0.1) is 32.0 Å². The number of rotatable bonds is 10. The van der Waals surface area contributed by atoms with Crippen LogP contribution >= 0.6 is 0 Å². The Morgan fingerprint density at radius 1 is 1.07 bits per heavy atom. The van der Waals surface area contributed by atoms with Crippen molar-refractivity contribution in [1.82, 2.24) is 9.80 Å². The Bertz CT molecular complexity index is 1260. The van der Waals surface area contributed by atoms with Crippen LogP contribution in [0.3, 0.4) is 0 Å². The van der Waals surface area contributed by atoms with Crippen LogP contribution in [0.5, 0.6) is 5.75 Å². The van der Waals surface area contributed by atoms with Crippen molar-refractivity contribution < 1.29 is 52.3 Å². The number of nitrogens with zero attached hydrogens (tertiary/aromatic N) is 2. The highest BCUT2D eigenvalue weighted by Crippen LogP contribution is 2.33. The number of piperidine rings is 1. The Balaban J connectivity index is 0.000000531. The first kappa shape index (κ1) is 32.6. The van der Waals surface area contributed by atoms with Gasteiger partial charge in [-0.15, -0.1) is 0 Å². The number of aliphatic carboxylic acids is 2. The van der Waals surface area contributed by atoms with Crippen molar-refractivity contribution in [3.8, 4) is 5.75 Å². The van der Waals surface area contributed by atoms with Gasteiger partial charge in [0.1, 0.15) is 5.75 Å². The van der Waals surface area contributed by atoms with Gasteiger partial charge in [-0.1, -0.05) is 24.3 Å². The standard InChI is InChI=1S/C25H29F3N2O4.C4H4O4/c1-33-23-12-19(25(26,27)28)7-6-18(23)15-34-16-21(31)14-29-10-8-20(9-11-29)30-13-17-4-2-3-5-22(17)24(30)32;5-3(6)1-2-4(7)8/h2-7,12,20-21,31H,8-11,13-16H2,1H3;1-2H,(H,5,6)(H,7,8)/b;2-1+. The van der Waals surface area contributed by atoms with Crippen molar-refractivity contribution in [2.75, 3.05) is 33.4 Å². The number of carbonyl (C=O) groups excluding carboxylic acids is 1. The van der Waals surface area contributed by atoms with Gasteiger partial charge in [0.15, 0.2) is 0 Å². The van der Waals surface area contributed by atoms with Crippen molar-refractivity contribution in [3.63, 3.8) is 0 Å². The van der Waals surface area contributed by atoms with Crippen LogP contribution in [0, 0.1) is 0 Å². The molecule has 2 aromatic rings. The number of likely N-dealkylation sites (tertiary alicyclic amines) is 1. The number of carbonyl (C=O) groups is 3. The van der Waals surface area contributed by atoms with E-state index in [1.807, 2.05) is 29.2 Å². The number of ether oxygens (including phenoxy) is 2. The molecule has 2 aliphatic rings. The summed E-state index contributed by atoms with van der Waals surface area (Å²) in [7, 11) is 1.31. The lowest BCUT2D eigenvalue weighted by molar-refractivity contribution is -0.137. The predicted octanol–water partition coefficient (Wildman–Crippen LogP) is 3.42. The Morgan fingerprint density at radius 2 is 1.71 bits per heavy atom. The second-order valence-electron chi connectivity index (χ2n) is 9.83. The number of aliphatic hydroxyl groups excluding tert-OH is 1. The number of hydrogen-bond acceptors (Lipinski definition) is 7. The molecular weight excluding hydrogens is 561 g/mol. The topological polar surface area (TPSA) is 137 Å². The van der Waals surface area contributed by atoms with Crippen molar-refractivity contribution in [1.29, 1.82) is 0 Å². The Labute approximate surface area is 240 Å². The average Bonchev–Trinajstić information content (AvgIpc) is 3.28. The van der Waals surface area contributed by atoms with E-state index in [2.05, 4.69) is 4.90 Å². The Morgan fingerprint density at radius 3 is 2.29 bits per heavy atom. The van der Waals surface area contributed by atoms with E-state index < -0.39 is 29.8 Å². The summed E-state index contributed by atoms with van der Waals surface area (Å²) >= 11 is 0. The molecule has 0 saturated carbocycles. The zero-order valence-electron chi connectivity index (χ0n) is 22.9. The Kier molecular flexibility index (Phi) is 11.5. The number of methoxy groups -OCH3 is 1. The minimum atomic E-state index is -4.44. The molecule has 1 fully saturated rings. The molecule has 1 atom stereocenters. The number of alkyl halides is 3. The largest absolute Gasteiger partial charge is 0.496 e. The fourth-order valence-corrected chi connectivity index (χ4v) is 4.82. The van der Waals surface area contributed by atoms with Crippen molar-refractivity contribution in [3.05, 3.63) is 76.9 Å². The zero-order valence-corrected chi connectivity index (χ0v) is 22.9. The second-order valence-corrected chi connectivity index (χ2v) is 9.83. The van der Waals surface area contributed by atoms with Crippen LogP contribution in [0.1, 0.15) is 39.9 Å². The average molecular weight is 595 g/mol. The third-order valence-corrected chi connectivity index (χ3v) is 6.87. The van der Waals surface area contributed by atoms with E-state index in [0.29, 0.717) is 30.8 Å². The number of amides is 1. The molecule has 10 nitrogen and oxygen atoms in total. The number of fused-ring (bicyclic) bond motifs is 1. The van der Waals surface area contributed by atoms with Gasteiger partial charge in [-0.2, -0.15) is 13.2 Å². The fourth-order valence-electron chi connectivity index (χ4n) is 4.82. The fraction of sp³-hybridized carbons (Fsp3) is 0.414. The summed E-state index contributed by atoms with van der Waals surface area (Å²) in [5.41, 5.74) is 1.57. The summed E-state index contributed by atoms with van der Waals surface area (Å²) in [4.78, 5) is 35.9. The van der Waals surface area contributed by atoms with Gasteiger partial charge in [0, 0.05) is 55.5 Å². The molecule has 2 aliphatic heterocycles. The number of carboxylic acid groups (broad SMARTS) is 2. The van der Waals surface area contributed by atoms with E-state index in [-0.39, 0.29) is 30.9 Å². The van der Waals surface area contributed by atoms with Crippen molar-refractivity contribution >= 4 is 17.8 Å². The van der Waals surface area contributed by atoms with Gasteiger partial charge in [0.25, 0.3) is 5.91 Å². The maximum atomic E-state index is 12.9. The highest BCUT2D eigenvalue weighted by Gasteiger charge is 2.34. The number of halogens is 3. The second kappa shape index (κ2) is 14.8. The lowest BCUT2D eigenvalue weighted by Crippen LogP contribution is -2.47. The molecule has 42 heavy (non-hydrogen) atoms. The summed E-state index contributed by atoms with van der Waals surface area (Å²) in [5.74, 6) is -2.31. The van der Waals surface area contributed by atoms with E-state index in [1.165, 1.54) is 13.2 Å². The van der Waals surface area contributed by atoms with Crippen LogP contribution < -0.4 is 4.74 Å². The highest BCUT2D eigenvalue weighted by molar-refractivity contribution is 5.98. The molecule has 1 amide bonds. The van der Waals surface area contributed by atoms with E-state index in [0.717, 1.165) is 49.2 Å². The highest BCUT2D eigenvalue weighted by atomic mass is 19.4. The Hall–Kier alpha value is -3.94. The number of carboxylic acids is 2. The van der Waals surface area contributed by atoms with Gasteiger partial charge in [-0.3, -0.25) is 4.79 Å². The molecular formula is C29H33F3N2O8. The number of benzene rings is 2. The molecule has 0 bridgehead atoms. The van der Waals surface area contributed by atoms with Crippen LogP contribution in [0.15, 0.2) is 54.6 Å². The molecule has 4 rings (SSSR count). The summed E-state index contributed by atoms with van der Waals surface area (Å²) in [5, 5.41) is 26.0. The van der Waals surface area contributed by atoms with E-state index in [4.69, 9.17) is 19.7 Å². The minimum absolute atomic E-state index is 0.0398. The number of hydrogen-bond donors (Lipinski definition) is 3. The van der Waals surface area contributed by atoms with E-state index in [1.54, 1.807) is 0 Å². The molecule has 3 N–H and O–H groups in total. The predicted molar refractivity (Wildman–Crippen MR) is 144 cm³/mol. The summed E-state index contributed by atoms with van der Waals surface area (Å²) in [6.07, 6.45) is -2.37. The van der Waals surface area contributed by atoms with Crippen LogP contribution in [0.4, 0.5) is 13.2 Å². The van der Waals surface area contributed by atoms with Gasteiger partial charge >= 0.3 is 18.1 Å². The van der Waals surface area contributed by atoms with Crippen LogP contribution in [-0.4, -0.2) is 88.5 Å². The van der Waals surface area contributed by atoms with Gasteiger partial charge < -0.3 is 34.6 Å². The third kappa shape index (κ3) is 9.29. The van der Waals surface area contributed by atoms with Gasteiger partial charge in [-0.25, -0.2) is 9.59 Å². The third-order valence-electron chi connectivity index (χ3n) is 6.87. The lowest BCUT2D eigenvalue weighted by Gasteiger charge is -2.37. The summed E-state index contributed by atoms with van der Waals surface area (Å²) in [6, 6.07) is 11.2. The first-order valence-corrected chi connectivity index (χ1v) is 13.1. The van der Waals surface area contributed by atoms with Crippen molar-refractivity contribution in [2.45, 2.75) is 44.3 Å². The lowest BCUT2D eigenvalue weighted by atomic mass is 10.0. The minimum Gasteiger partial charge on any atom is -0.496 e. The quantitative estimate of drug-likeness (QED) is 0.354. The van der Waals surface area contributed by atoms with Crippen LogP contribution in [0.2, 0.25) is 0 Å². The molecule has 13 heteroatoms. The molecule has 2 aromatic carbocycles. The molecule has 0 aliphatic carbocycles. The zero-order chi connectivity index (χ0) is 30.9. The molecule has 0 spiro atoms. The van der Waals surface area contributed by atoms with Gasteiger partial charge in [0.2, 0.25) is 0 Å². The van der Waals surface area contributed by atoms with Crippen LogP contribution in [-0.2, 0) is 33.7 Å². The molecule has 1 saturated heterocycles. The maximum absolute atomic E-state index is 12.9. The van der Waals surface area contributed by atoms with E-state index in [9.17, 15) is 32.7 Å². The molecule has 2 heterocycles. The molecule has 1 unspecified atom stereocenters. The molecule has 228 valence electrons. The smallest absolute Gasteiger partial charge is 0.416 e. The first-order valence-electron chi connectivity index (χ1n) is 13.1. The monoisotopic (exact) mass is 594 g/mol. The molecule has 0 aromatic heterocycles. The van der Waals surface area contributed by atoms with Crippen LogP contribution in [0.25, 0.3) is 0 Å². The number of aliphatic hydroxyl groups is 1. The number of β-amino-alcohol motifs (C(OH)–C–C–N with tert-alkyl or cyclic N) is 1.